The number of halogens is 2. The zero-order valence-electron chi connectivity index (χ0n) is 12.2. The Hall–Kier alpha value is -0.840. The van der Waals surface area contributed by atoms with E-state index in [1.807, 2.05) is 37.3 Å². The van der Waals surface area contributed by atoms with Crippen LogP contribution < -0.4 is 10.5 Å². The average Bonchev–Trinajstić information content (AvgIpc) is 2.45. The Morgan fingerprint density at radius 2 is 1.90 bits per heavy atom. The van der Waals surface area contributed by atoms with Crippen LogP contribution in [0.4, 0.5) is 0 Å². The Morgan fingerprint density at radius 1 is 1.14 bits per heavy atom. The van der Waals surface area contributed by atoms with Gasteiger partial charge in [0, 0.05) is 15.0 Å². The van der Waals surface area contributed by atoms with Crippen molar-refractivity contribution in [1.82, 2.24) is 0 Å². The van der Waals surface area contributed by atoms with Gasteiger partial charge in [-0.05, 0) is 61.2 Å². The smallest absolute Gasteiger partial charge is 0.131 e. The van der Waals surface area contributed by atoms with Gasteiger partial charge < -0.3 is 10.5 Å². The Kier molecular flexibility index (Phi) is 5.85. The molecule has 0 amide bonds. The molecule has 112 valence electrons. The van der Waals surface area contributed by atoms with Crippen LogP contribution in [0.25, 0.3) is 0 Å². The molecule has 0 spiro atoms. The largest absolute Gasteiger partial charge is 0.457 e. The molecule has 2 aromatic carbocycles. The molecule has 0 radical (unpaired) electrons. The molecule has 2 nitrogen and oxygen atoms in total. The van der Waals surface area contributed by atoms with Crippen LogP contribution in [0.3, 0.4) is 0 Å². The van der Waals surface area contributed by atoms with Crippen LogP contribution in [0.2, 0.25) is 0 Å². The summed E-state index contributed by atoms with van der Waals surface area (Å²) in [6, 6.07) is 12.2. The van der Waals surface area contributed by atoms with Crippen LogP contribution in [-0.4, -0.2) is 6.04 Å². The van der Waals surface area contributed by atoms with Gasteiger partial charge in [0.2, 0.25) is 0 Å². The van der Waals surface area contributed by atoms with Gasteiger partial charge in [0.1, 0.15) is 11.5 Å². The van der Waals surface area contributed by atoms with Gasteiger partial charge >= 0.3 is 0 Å². The first-order chi connectivity index (χ1) is 9.99. The summed E-state index contributed by atoms with van der Waals surface area (Å²) in [7, 11) is 0. The topological polar surface area (TPSA) is 35.2 Å². The molecule has 0 fully saturated rings. The van der Waals surface area contributed by atoms with Crippen molar-refractivity contribution < 1.29 is 4.74 Å². The van der Waals surface area contributed by atoms with Gasteiger partial charge in [0.15, 0.2) is 0 Å². The summed E-state index contributed by atoms with van der Waals surface area (Å²) in [6.45, 7) is 4.15. The van der Waals surface area contributed by atoms with Crippen molar-refractivity contribution >= 4 is 31.9 Å². The second-order valence-electron chi connectivity index (χ2n) is 5.14. The second kappa shape index (κ2) is 7.43. The predicted octanol–water partition coefficient (Wildman–Crippen LogP) is 5.59. The molecular formula is C17H19Br2NO. The van der Waals surface area contributed by atoms with Gasteiger partial charge in [0.05, 0.1) is 0 Å². The molecule has 2 N–H and O–H groups in total. The minimum atomic E-state index is 0.153. The van der Waals surface area contributed by atoms with Gasteiger partial charge in [-0.1, -0.05) is 44.8 Å². The van der Waals surface area contributed by atoms with Crippen LogP contribution in [0.5, 0.6) is 11.5 Å². The maximum atomic E-state index is 6.08. The van der Waals surface area contributed by atoms with Gasteiger partial charge in [-0.2, -0.15) is 0 Å². The summed E-state index contributed by atoms with van der Waals surface area (Å²) in [5, 5.41) is 0. The molecule has 0 aliphatic carbocycles. The summed E-state index contributed by atoms with van der Waals surface area (Å²) in [5.41, 5.74) is 8.36. The molecule has 1 unspecified atom stereocenters. The van der Waals surface area contributed by atoms with Crippen LogP contribution in [0.15, 0.2) is 45.3 Å². The second-order valence-corrected chi connectivity index (χ2v) is 6.91. The average molecular weight is 413 g/mol. The molecule has 4 heteroatoms. The number of ether oxygens (including phenoxy) is 1. The number of nitrogens with two attached hydrogens (primary N) is 1. The van der Waals surface area contributed by atoms with E-state index in [2.05, 4.69) is 44.8 Å². The quantitative estimate of drug-likeness (QED) is 0.694. The molecule has 0 aliphatic heterocycles. The maximum absolute atomic E-state index is 6.08. The lowest BCUT2D eigenvalue weighted by molar-refractivity contribution is 0.471. The molecule has 0 aromatic heterocycles. The lowest BCUT2D eigenvalue weighted by atomic mass is 10.0. The van der Waals surface area contributed by atoms with E-state index in [4.69, 9.17) is 10.5 Å². The third-order valence-corrected chi connectivity index (χ3v) is 4.78. The number of benzene rings is 2. The molecule has 21 heavy (non-hydrogen) atoms. The minimum Gasteiger partial charge on any atom is -0.457 e. The molecule has 0 saturated carbocycles. The molecule has 0 aliphatic rings. The van der Waals surface area contributed by atoms with E-state index in [9.17, 15) is 0 Å². The van der Waals surface area contributed by atoms with E-state index < -0.39 is 0 Å². The first-order valence-electron chi connectivity index (χ1n) is 6.97. The molecule has 2 rings (SSSR count). The highest BCUT2D eigenvalue weighted by molar-refractivity contribution is 9.10. The molecule has 0 saturated heterocycles. The Labute approximate surface area is 143 Å². The lowest BCUT2D eigenvalue weighted by Gasteiger charge is -2.15. The van der Waals surface area contributed by atoms with Crippen LogP contribution in [-0.2, 0) is 6.42 Å². The normalized spacial score (nSPS) is 12.2. The van der Waals surface area contributed by atoms with Crippen molar-refractivity contribution in [2.75, 3.05) is 0 Å². The zero-order valence-corrected chi connectivity index (χ0v) is 15.4. The summed E-state index contributed by atoms with van der Waals surface area (Å²) in [6.07, 6.45) is 1.77. The maximum Gasteiger partial charge on any atom is 0.131 e. The molecule has 0 heterocycles. The number of rotatable bonds is 5. The van der Waals surface area contributed by atoms with Crippen molar-refractivity contribution in [3.05, 3.63) is 56.5 Å². The standard InChI is InChI=1S/C17H19Br2NO/c1-3-14(20)9-12-4-5-13(18)10-17(12)21-15-6-7-16(19)11(2)8-15/h4-8,10,14H,3,9,20H2,1-2H3. The molecular weight excluding hydrogens is 394 g/mol. The van der Waals surface area contributed by atoms with E-state index in [0.29, 0.717) is 0 Å². The number of hydrogen-bond acceptors (Lipinski definition) is 2. The fourth-order valence-electron chi connectivity index (χ4n) is 2.03. The van der Waals surface area contributed by atoms with Gasteiger partial charge in [-0.15, -0.1) is 0 Å². The minimum absolute atomic E-state index is 0.153. The summed E-state index contributed by atoms with van der Waals surface area (Å²) in [5.74, 6) is 1.69. The summed E-state index contributed by atoms with van der Waals surface area (Å²) < 4.78 is 8.15. The van der Waals surface area contributed by atoms with Crippen molar-refractivity contribution in [2.45, 2.75) is 32.7 Å². The third-order valence-electron chi connectivity index (χ3n) is 3.39. The highest BCUT2D eigenvalue weighted by atomic mass is 79.9. The van der Waals surface area contributed by atoms with Crippen molar-refractivity contribution in [2.24, 2.45) is 5.73 Å². The van der Waals surface area contributed by atoms with E-state index >= 15 is 0 Å². The zero-order chi connectivity index (χ0) is 15.4. The fraction of sp³-hybridized carbons (Fsp3) is 0.294. The SMILES string of the molecule is CCC(N)Cc1ccc(Br)cc1Oc1ccc(Br)c(C)c1. The fourth-order valence-corrected chi connectivity index (χ4v) is 2.61. The lowest BCUT2D eigenvalue weighted by Crippen LogP contribution is -2.21. The molecule has 0 bridgehead atoms. The van der Waals surface area contributed by atoms with Gasteiger partial charge in [-0.25, -0.2) is 0 Å². The highest BCUT2D eigenvalue weighted by Gasteiger charge is 2.10. The van der Waals surface area contributed by atoms with Crippen molar-refractivity contribution in [3.63, 3.8) is 0 Å². The van der Waals surface area contributed by atoms with Crippen LogP contribution in [0.1, 0.15) is 24.5 Å². The monoisotopic (exact) mass is 411 g/mol. The first kappa shape index (κ1) is 16.5. The van der Waals surface area contributed by atoms with E-state index in [1.165, 1.54) is 0 Å². The van der Waals surface area contributed by atoms with Crippen molar-refractivity contribution in [3.8, 4) is 11.5 Å². The van der Waals surface area contributed by atoms with Crippen LogP contribution in [0, 0.1) is 6.92 Å². The number of aryl methyl sites for hydroxylation is 1. The van der Waals surface area contributed by atoms with Gasteiger partial charge in [-0.3, -0.25) is 0 Å². The molecule has 2 aromatic rings. The highest BCUT2D eigenvalue weighted by Crippen LogP contribution is 2.31. The number of hydrogen-bond donors (Lipinski definition) is 1. The summed E-state index contributed by atoms with van der Waals surface area (Å²) in [4.78, 5) is 0. The first-order valence-corrected chi connectivity index (χ1v) is 8.56. The van der Waals surface area contributed by atoms with E-state index in [1.54, 1.807) is 0 Å². The van der Waals surface area contributed by atoms with E-state index in [-0.39, 0.29) is 6.04 Å². The molecule has 1 atom stereocenters. The van der Waals surface area contributed by atoms with Crippen molar-refractivity contribution in [1.29, 1.82) is 0 Å². The van der Waals surface area contributed by atoms with Crippen LogP contribution >= 0.6 is 31.9 Å². The summed E-state index contributed by atoms with van der Waals surface area (Å²) >= 11 is 7.00. The Balaban J connectivity index is 2.28. The van der Waals surface area contributed by atoms with Gasteiger partial charge in [0.25, 0.3) is 0 Å². The van der Waals surface area contributed by atoms with E-state index in [0.717, 1.165) is 44.4 Å². The Bertz CT molecular complexity index is 628. The predicted molar refractivity (Wildman–Crippen MR) is 95.1 cm³/mol. The third kappa shape index (κ3) is 4.56. The Morgan fingerprint density at radius 3 is 2.57 bits per heavy atom.